The van der Waals surface area contributed by atoms with Crippen molar-refractivity contribution in [1.29, 1.82) is 0 Å². The predicted octanol–water partition coefficient (Wildman–Crippen LogP) is 0.735. The third-order valence-corrected chi connectivity index (χ3v) is 5.41. The first-order valence-electron chi connectivity index (χ1n) is 13.1. The highest BCUT2D eigenvalue weighted by Crippen LogP contribution is 2.31. The highest BCUT2D eigenvalue weighted by molar-refractivity contribution is 5.87. The Bertz CT molecular complexity index is 1210. The zero-order chi connectivity index (χ0) is 33.9. The van der Waals surface area contributed by atoms with Crippen LogP contribution in [0.1, 0.15) is 26.3 Å². The average molecular weight is 645 g/mol. The third kappa shape index (κ3) is 12.8. The number of rotatable bonds is 14. The molecule has 2 rings (SSSR count). The van der Waals surface area contributed by atoms with Gasteiger partial charge in [-0.05, 0) is 23.2 Å². The lowest BCUT2D eigenvalue weighted by atomic mass is 9.97. The molecule has 1 aliphatic heterocycles. The SMILES string of the molecule is CO.COC(=O)[C@H]1O[C@@H](OC(=O)Nc2ccc(CO)cc2OCCOCCN=[N+]=[N-])[C@H](OC(C)=O)[C@@H](OC(C)=O)[C@@H]1OC(C)=O. The molecular weight excluding hydrogens is 608 g/mol. The number of azide groups is 1. The maximum absolute atomic E-state index is 13.0. The molecule has 19 heteroatoms. The molecule has 1 aromatic carbocycles. The van der Waals surface area contributed by atoms with Crippen molar-refractivity contribution in [2.24, 2.45) is 5.11 Å². The molecule has 3 N–H and O–H groups in total. The van der Waals surface area contributed by atoms with Gasteiger partial charge in [-0.25, -0.2) is 9.59 Å². The number of carbonyl (C=O) groups excluding carboxylic acids is 5. The normalized spacial score (nSPS) is 20.1. The molecule has 45 heavy (non-hydrogen) atoms. The molecule has 1 aliphatic rings. The van der Waals surface area contributed by atoms with Gasteiger partial charge in [0.05, 0.1) is 32.6 Å². The second kappa shape index (κ2) is 20.3. The largest absolute Gasteiger partial charge is 0.489 e. The van der Waals surface area contributed by atoms with E-state index in [0.29, 0.717) is 5.56 Å². The Morgan fingerprint density at radius 3 is 2.13 bits per heavy atom. The van der Waals surface area contributed by atoms with Gasteiger partial charge in [-0.3, -0.25) is 19.7 Å². The monoisotopic (exact) mass is 644 g/mol. The lowest BCUT2D eigenvalue weighted by Crippen LogP contribution is -2.64. The Morgan fingerprint density at radius 1 is 0.933 bits per heavy atom. The average Bonchev–Trinajstić information content (AvgIpc) is 3.00. The molecule has 0 saturated carbocycles. The summed E-state index contributed by atoms with van der Waals surface area (Å²) in [6.45, 7) is 3.12. The zero-order valence-corrected chi connectivity index (χ0v) is 25.2. The molecule has 1 amide bonds. The summed E-state index contributed by atoms with van der Waals surface area (Å²) < 4.78 is 42.1. The van der Waals surface area contributed by atoms with Gasteiger partial charge < -0.3 is 48.1 Å². The van der Waals surface area contributed by atoms with Crippen LogP contribution in [0.5, 0.6) is 5.75 Å². The van der Waals surface area contributed by atoms with Crippen LogP contribution >= 0.6 is 0 Å². The minimum Gasteiger partial charge on any atom is -0.489 e. The topological polar surface area (TPSA) is 260 Å². The second-order valence-corrected chi connectivity index (χ2v) is 8.60. The van der Waals surface area contributed by atoms with Gasteiger partial charge in [-0.2, -0.15) is 0 Å². The molecule has 1 fully saturated rings. The maximum atomic E-state index is 13.0. The molecule has 0 bridgehead atoms. The minimum absolute atomic E-state index is 0.0115. The summed E-state index contributed by atoms with van der Waals surface area (Å²) in [5, 5.41) is 22.3. The van der Waals surface area contributed by atoms with Crippen LogP contribution in [-0.2, 0) is 58.9 Å². The van der Waals surface area contributed by atoms with Crippen LogP contribution in [0, 0.1) is 0 Å². The number of benzene rings is 1. The Hall–Kier alpha value is -4.68. The summed E-state index contributed by atoms with van der Waals surface area (Å²) in [5.74, 6) is -3.66. The Kier molecular flexibility index (Phi) is 17.3. The lowest BCUT2D eigenvalue weighted by molar-refractivity contribution is -0.287. The second-order valence-electron chi connectivity index (χ2n) is 8.60. The van der Waals surface area contributed by atoms with E-state index in [1.54, 1.807) is 0 Å². The molecule has 1 saturated heterocycles. The van der Waals surface area contributed by atoms with Crippen LogP contribution in [-0.4, -0.2) is 111 Å². The Balaban J connectivity index is 0.00000496. The van der Waals surface area contributed by atoms with Gasteiger partial charge in [0.1, 0.15) is 12.4 Å². The van der Waals surface area contributed by atoms with Crippen LogP contribution in [0.4, 0.5) is 10.5 Å². The predicted molar refractivity (Wildman–Crippen MR) is 148 cm³/mol. The number of hydrogen-bond donors (Lipinski definition) is 3. The van der Waals surface area contributed by atoms with Crippen LogP contribution in [0.15, 0.2) is 23.3 Å². The number of methoxy groups -OCH3 is 1. The molecule has 0 spiro atoms. The number of aliphatic hydroxyl groups is 2. The summed E-state index contributed by atoms with van der Waals surface area (Å²) in [7, 11) is 2.01. The molecule has 0 unspecified atom stereocenters. The number of esters is 4. The van der Waals surface area contributed by atoms with Gasteiger partial charge >= 0.3 is 30.0 Å². The highest BCUT2D eigenvalue weighted by atomic mass is 16.8. The van der Waals surface area contributed by atoms with Gasteiger partial charge in [0.15, 0.2) is 18.3 Å². The first-order chi connectivity index (χ1) is 21.5. The van der Waals surface area contributed by atoms with E-state index < -0.39 is 60.7 Å². The number of anilines is 1. The first-order valence-corrected chi connectivity index (χ1v) is 13.1. The van der Waals surface area contributed by atoms with E-state index in [0.717, 1.165) is 35.0 Å². The number of nitrogens with one attached hydrogen (secondary N) is 1. The van der Waals surface area contributed by atoms with Crippen LogP contribution < -0.4 is 10.1 Å². The van der Waals surface area contributed by atoms with Crippen molar-refractivity contribution < 1.29 is 72.1 Å². The number of aliphatic hydroxyl groups excluding tert-OH is 2. The van der Waals surface area contributed by atoms with E-state index in [1.807, 2.05) is 0 Å². The molecule has 1 aromatic rings. The van der Waals surface area contributed by atoms with Gasteiger partial charge in [-0.1, -0.05) is 11.2 Å². The van der Waals surface area contributed by atoms with E-state index in [4.69, 9.17) is 48.5 Å². The summed E-state index contributed by atoms with van der Waals surface area (Å²) in [4.78, 5) is 63.8. The summed E-state index contributed by atoms with van der Waals surface area (Å²) in [6, 6.07) is 4.35. The zero-order valence-electron chi connectivity index (χ0n) is 25.2. The molecule has 0 aliphatic carbocycles. The molecule has 5 atom stereocenters. The lowest BCUT2D eigenvalue weighted by Gasteiger charge is -2.42. The van der Waals surface area contributed by atoms with Gasteiger partial charge in [0, 0.05) is 39.3 Å². The smallest absolute Gasteiger partial charge is 0.414 e. The minimum atomic E-state index is -1.87. The fraction of sp³-hybridized carbons (Fsp3) is 0.577. The van der Waals surface area contributed by atoms with E-state index in [1.165, 1.54) is 18.2 Å². The number of nitrogens with zero attached hydrogens (tertiary/aromatic N) is 3. The van der Waals surface area contributed by atoms with Crippen LogP contribution in [0.3, 0.4) is 0 Å². The maximum Gasteiger partial charge on any atom is 0.414 e. The molecule has 0 radical (unpaired) electrons. The number of carbonyl (C=O) groups is 5. The summed E-state index contributed by atoms with van der Waals surface area (Å²) in [6.07, 6.45) is -9.79. The number of ether oxygens (including phenoxy) is 8. The van der Waals surface area contributed by atoms with Crippen molar-refractivity contribution in [2.45, 2.75) is 58.1 Å². The molecular formula is C26H36N4O15. The standard InChI is InChI=1S/C25H32N4O14.CH4O/c1-13(31)39-19-20(40-14(2)32)22(41-15(3)33)24(42-21(19)23(34)36-4)43-25(35)28-17-6-5-16(12-30)11-18(17)38-10-9-37-8-7-27-29-26;1-2/h5-6,11,19-22,24,30H,7-10,12H2,1-4H3,(H,28,35);2H,1H3/t19-,20-,21-,22+,24-;/m0./s1. The van der Waals surface area contributed by atoms with Crippen molar-refractivity contribution in [3.05, 3.63) is 34.2 Å². The number of hydrogen-bond acceptors (Lipinski definition) is 16. The summed E-state index contributed by atoms with van der Waals surface area (Å²) >= 11 is 0. The van der Waals surface area contributed by atoms with Crippen molar-refractivity contribution in [3.8, 4) is 5.75 Å². The van der Waals surface area contributed by atoms with E-state index in [9.17, 15) is 29.1 Å². The first kappa shape index (κ1) is 38.3. The number of amides is 1. The van der Waals surface area contributed by atoms with Gasteiger partial charge in [-0.15, -0.1) is 0 Å². The van der Waals surface area contributed by atoms with E-state index in [2.05, 4.69) is 15.3 Å². The van der Waals surface area contributed by atoms with Gasteiger partial charge in [0.2, 0.25) is 12.4 Å². The fourth-order valence-corrected chi connectivity index (χ4v) is 3.77. The summed E-state index contributed by atoms with van der Waals surface area (Å²) in [5.41, 5.74) is 8.82. The quantitative estimate of drug-likeness (QED) is 0.0629. The molecule has 0 aromatic heterocycles. The van der Waals surface area contributed by atoms with Crippen molar-refractivity contribution in [2.75, 3.05) is 45.9 Å². The fourth-order valence-electron chi connectivity index (χ4n) is 3.77. The molecule has 1 heterocycles. The van der Waals surface area contributed by atoms with E-state index in [-0.39, 0.29) is 44.4 Å². The van der Waals surface area contributed by atoms with Gasteiger partial charge in [0.25, 0.3) is 0 Å². The van der Waals surface area contributed by atoms with Crippen LogP contribution in [0.25, 0.3) is 10.4 Å². The van der Waals surface area contributed by atoms with E-state index >= 15 is 0 Å². The van der Waals surface area contributed by atoms with Crippen LogP contribution in [0.2, 0.25) is 0 Å². The Labute approximate surface area is 257 Å². The van der Waals surface area contributed by atoms with Crippen molar-refractivity contribution >= 4 is 35.7 Å². The highest BCUT2D eigenvalue weighted by Gasteiger charge is 2.56. The Morgan fingerprint density at radius 2 is 1.56 bits per heavy atom. The van der Waals surface area contributed by atoms with Crippen molar-refractivity contribution in [1.82, 2.24) is 0 Å². The van der Waals surface area contributed by atoms with Crippen molar-refractivity contribution in [3.63, 3.8) is 0 Å². The third-order valence-electron chi connectivity index (χ3n) is 5.41. The molecule has 250 valence electrons. The molecule has 19 nitrogen and oxygen atoms in total.